The minimum atomic E-state index is -0.0914. The molecule has 2 aromatic carbocycles. The summed E-state index contributed by atoms with van der Waals surface area (Å²) in [6.45, 7) is 1.25. The molecule has 0 bridgehead atoms. The van der Waals surface area contributed by atoms with Gasteiger partial charge in [-0.3, -0.25) is 4.79 Å². The highest BCUT2D eigenvalue weighted by Crippen LogP contribution is 2.28. The van der Waals surface area contributed by atoms with Crippen LogP contribution in [0.1, 0.15) is 28.1 Å². The number of piperidine rings is 1. The predicted molar refractivity (Wildman–Crippen MR) is 128 cm³/mol. The number of thiophene rings is 1. The summed E-state index contributed by atoms with van der Waals surface area (Å²) in [4.78, 5) is 29.5. The molecule has 1 aromatic heterocycles. The molecule has 1 saturated heterocycles. The lowest BCUT2D eigenvalue weighted by Crippen LogP contribution is -2.47. The van der Waals surface area contributed by atoms with Crippen LogP contribution in [-0.2, 0) is 5.75 Å². The number of amides is 3. The average molecular weight is 452 g/mol. The molecule has 0 atom stereocenters. The van der Waals surface area contributed by atoms with E-state index in [0.29, 0.717) is 18.7 Å². The van der Waals surface area contributed by atoms with Crippen LogP contribution < -0.4 is 10.6 Å². The molecule has 7 heteroatoms. The number of hydrogen-bond donors (Lipinski definition) is 2. The molecule has 2 heterocycles. The third kappa shape index (κ3) is 5.89. The van der Waals surface area contributed by atoms with E-state index in [-0.39, 0.29) is 18.0 Å². The lowest BCUT2D eigenvalue weighted by Gasteiger charge is -2.32. The van der Waals surface area contributed by atoms with E-state index in [4.69, 9.17) is 0 Å². The summed E-state index contributed by atoms with van der Waals surface area (Å²) in [6, 6.07) is 21.4. The minimum absolute atomic E-state index is 0.0403. The molecule has 0 saturated carbocycles. The second-order valence-corrected chi connectivity index (χ2v) is 9.44. The molecule has 0 aliphatic carbocycles. The van der Waals surface area contributed by atoms with E-state index in [1.54, 1.807) is 28.0 Å². The molecule has 0 spiro atoms. The molecule has 2 N–H and O–H groups in total. The molecule has 1 aliphatic heterocycles. The van der Waals surface area contributed by atoms with Gasteiger partial charge in [0, 0.05) is 40.3 Å². The maximum Gasteiger partial charge on any atom is 0.321 e. The molecule has 3 aromatic rings. The average Bonchev–Trinajstić information content (AvgIpc) is 3.33. The molecular weight excluding hydrogens is 426 g/mol. The molecular formula is C24H25N3O2S2. The predicted octanol–water partition coefficient (Wildman–Crippen LogP) is 5.47. The number of nitrogens with one attached hydrogen (secondary N) is 2. The van der Waals surface area contributed by atoms with E-state index < -0.39 is 0 Å². The van der Waals surface area contributed by atoms with Crippen LogP contribution in [0.15, 0.2) is 77.0 Å². The van der Waals surface area contributed by atoms with Crippen molar-refractivity contribution in [3.05, 3.63) is 82.6 Å². The van der Waals surface area contributed by atoms with Crippen molar-refractivity contribution >= 4 is 40.7 Å². The third-order valence-corrected chi connectivity index (χ3v) is 7.41. The molecule has 3 amide bonds. The molecule has 0 unspecified atom stereocenters. The van der Waals surface area contributed by atoms with Gasteiger partial charge in [-0.2, -0.15) is 0 Å². The smallest absolute Gasteiger partial charge is 0.321 e. The summed E-state index contributed by atoms with van der Waals surface area (Å²) in [5.41, 5.74) is 1.51. The zero-order chi connectivity index (χ0) is 21.5. The number of para-hydroxylation sites is 1. The van der Waals surface area contributed by atoms with Gasteiger partial charge in [-0.25, -0.2) is 4.79 Å². The second-order valence-electron chi connectivity index (χ2n) is 7.40. The Morgan fingerprint density at radius 2 is 1.71 bits per heavy atom. The van der Waals surface area contributed by atoms with Gasteiger partial charge in [0.1, 0.15) is 0 Å². The maximum atomic E-state index is 12.9. The summed E-state index contributed by atoms with van der Waals surface area (Å²) >= 11 is 3.42. The van der Waals surface area contributed by atoms with Crippen molar-refractivity contribution in [2.24, 2.45) is 0 Å². The first-order valence-electron chi connectivity index (χ1n) is 10.3. The Labute approximate surface area is 190 Å². The van der Waals surface area contributed by atoms with Crippen molar-refractivity contribution in [1.29, 1.82) is 0 Å². The molecule has 1 aliphatic rings. The number of urea groups is 1. The zero-order valence-corrected chi connectivity index (χ0v) is 18.8. The van der Waals surface area contributed by atoms with Gasteiger partial charge >= 0.3 is 6.03 Å². The van der Waals surface area contributed by atoms with Crippen LogP contribution in [0.2, 0.25) is 0 Å². The van der Waals surface area contributed by atoms with Crippen LogP contribution in [0.4, 0.5) is 10.5 Å². The van der Waals surface area contributed by atoms with Crippen LogP contribution in [0.5, 0.6) is 0 Å². The van der Waals surface area contributed by atoms with Gasteiger partial charge in [0.05, 0.1) is 5.56 Å². The number of thioether (sulfide) groups is 1. The van der Waals surface area contributed by atoms with Crippen molar-refractivity contribution < 1.29 is 9.59 Å². The lowest BCUT2D eigenvalue weighted by atomic mass is 10.0. The molecule has 1 fully saturated rings. The second kappa shape index (κ2) is 10.5. The van der Waals surface area contributed by atoms with Crippen LogP contribution in [0.3, 0.4) is 0 Å². The van der Waals surface area contributed by atoms with Crippen molar-refractivity contribution in [2.45, 2.75) is 29.5 Å². The Morgan fingerprint density at radius 3 is 2.45 bits per heavy atom. The monoisotopic (exact) mass is 451 g/mol. The highest BCUT2D eigenvalue weighted by molar-refractivity contribution is 7.98. The van der Waals surface area contributed by atoms with E-state index >= 15 is 0 Å². The Balaban J connectivity index is 1.29. The van der Waals surface area contributed by atoms with Crippen LogP contribution in [0, 0.1) is 0 Å². The summed E-state index contributed by atoms with van der Waals surface area (Å²) in [7, 11) is 0. The number of anilines is 1. The van der Waals surface area contributed by atoms with Crippen molar-refractivity contribution in [3.63, 3.8) is 0 Å². The Kier molecular flexibility index (Phi) is 7.27. The van der Waals surface area contributed by atoms with E-state index in [1.807, 2.05) is 60.7 Å². The topological polar surface area (TPSA) is 61.4 Å². The number of nitrogens with zero attached hydrogens (tertiary/aromatic N) is 1. The van der Waals surface area contributed by atoms with Crippen molar-refractivity contribution in [2.75, 3.05) is 18.4 Å². The highest BCUT2D eigenvalue weighted by Gasteiger charge is 2.25. The van der Waals surface area contributed by atoms with Crippen LogP contribution >= 0.6 is 23.1 Å². The van der Waals surface area contributed by atoms with Gasteiger partial charge in [-0.05, 0) is 48.6 Å². The van der Waals surface area contributed by atoms with Gasteiger partial charge in [-0.15, -0.1) is 23.1 Å². The normalized spacial score (nSPS) is 14.3. The quantitative estimate of drug-likeness (QED) is 0.489. The summed E-state index contributed by atoms with van der Waals surface area (Å²) < 4.78 is 0. The Hall–Kier alpha value is -2.77. The number of carbonyl (C=O) groups is 2. The summed E-state index contributed by atoms with van der Waals surface area (Å²) in [5, 5.41) is 8.16. The first kappa shape index (κ1) is 21.5. The molecule has 160 valence electrons. The third-order valence-electron chi connectivity index (χ3n) is 5.22. The SMILES string of the molecule is O=C(NC1CCN(C(=O)Nc2ccccc2)CC1)c1ccccc1SCc1cccs1. The van der Waals surface area contributed by atoms with Gasteiger partial charge in [0.25, 0.3) is 5.91 Å². The fourth-order valence-corrected chi connectivity index (χ4v) is 5.36. The lowest BCUT2D eigenvalue weighted by molar-refractivity contribution is 0.0916. The van der Waals surface area contributed by atoms with E-state index in [1.165, 1.54) is 4.88 Å². The van der Waals surface area contributed by atoms with E-state index in [9.17, 15) is 9.59 Å². The maximum absolute atomic E-state index is 12.9. The largest absolute Gasteiger partial charge is 0.349 e. The summed E-state index contributed by atoms with van der Waals surface area (Å²) in [5.74, 6) is 0.818. The highest BCUT2D eigenvalue weighted by atomic mass is 32.2. The molecule has 4 rings (SSSR count). The Morgan fingerprint density at radius 1 is 0.968 bits per heavy atom. The number of rotatable bonds is 6. The first-order chi connectivity index (χ1) is 15.2. The summed E-state index contributed by atoms with van der Waals surface area (Å²) in [6.07, 6.45) is 1.50. The van der Waals surface area contributed by atoms with Crippen LogP contribution in [0.25, 0.3) is 0 Å². The van der Waals surface area contributed by atoms with E-state index in [2.05, 4.69) is 22.1 Å². The minimum Gasteiger partial charge on any atom is -0.349 e. The van der Waals surface area contributed by atoms with E-state index in [0.717, 1.165) is 29.2 Å². The molecule has 31 heavy (non-hydrogen) atoms. The van der Waals surface area contributed by atoms with Gasteiger partial charge in [0.2, 0.25) is 0 Å². The van der Waals surface area contributed by atoms with Crippen molar-refractivity contribution in [3.8, 4) is 0 Å². The fraction of sp³-hybridized carbons (Fsp3) is 0.250. The Bertz CT molecular complexity index is 1000. The molecule has 0 radical (unpaired) electrons. The number of likely N-dealkylation sites (tertiary alicyclic amines) is 1. The van der Waals surface area contributed by atoms with Gasteiger partial charge < -0.3 is 15.5 Å². The fourth-order valence-electron chi connectivity index (χ4n) is 3.54. The standard InChI is InChI=1S/C24H25N3O2S2/c28-23(21-10-4-5-11-22(21)31-17-20-9-6-16-30-20)25-19-12-14-27(15-13-19)24(29)26-18-7-2-1-3-8-18/h1-11,16,19H,12-15,17H2,(H,25,28)(H,26,29). The number of carbonyl (C=O) groups excluding carboxylic acids is 2. The van der Waals surface area contributed by atoms with Gasteiger partial charge in [-0.1, -0.05) is 36.4 Å². The first-order valence-corrected chi connectivity index (χ1v) is 12.2. The number of benzene rings is 2. The van der Waals surface area contributed by atoms with Crippen molar-refractivity contribution in [1.82, 2.24) is 10.2 Å². The molecule has 5 nitrogen and oxygen atoms in total. The number of hydrogen-bond acceptors (Lipinski definition) is 4. The van der Waals surface area contributed by atoms with Crippen LogP contribution in [-0.4, -0.2) is 36.0 Å². The zero-order valence-electron chi connectivity index (χ0n) is 17.1. The van der Waals surface area contributed by atoms with Gasteiger partial charge in [0.15, 0.2) is 0 Å².